The molecule has 3 rings (SSSR count). The summed E-state index contributed by atoms with van der Waals surface area (Å²) in [6, 6.07) is 12.0. The molecule has 0 atom stereocenters. The maximum Gasteiger partial charge on any atom is 0.261 e. The van der Waals surface area contributed by atoms with Gasteiger partial charge in [0.05, 0.1) is 0 Å². The Morgan fingerprint density at radius 2 is 2.09 bits per heavy atom. The molecule has 0 saturated heterocycles. The molecular formula is C18H20N2O2. The number of amides is 1. The molecule has 1 aromatic carbocycles. The largest absolute Gasteiger partial charge is 0.484 e. The Morgan fingerprint density at radius 3 is 2.77 bits per heavy atom. The topological polar surface area (TPSA) is 42.4 Å². The van der Waals surface area contributed by atoms with Crippen LogP contribution in [0.15, 0.2) is 48.8 Å². The number of aromatic nitrogens is 1. The SMILES string of the molecule is Cc1ccccc1OCC(=O)N(Cc1cccnc1)C1CC1. The Kier molecular flexibility index (Phi) is 4.37. The lowest BCUT2D eigenvalue weighted by molar-refractivity contribution is -0.134. The Hall–Kier alpha value is -2.36. The summed E-state index contributed by atoms with van der Waals surface area (Å²) in [4.78, 5) is 18.5. The molecule has 4 nitrogen and oxygen atoms in total. The molecule has 114 valence electrons. The van der Waals surface area contributed by atoms with Crippen LogP contribution < -0.4 is 4.74 Å². The number of hydrogen-bond acceptors (Lipinski definition) is 3. The standard InChI is InChI=1S/C18H20N2O2/c1-14-5-2-3-7-17(14)22-13-18(21)20(16-8-9-16)12-15-6-4-10-19-11-15/h2-7,10-11,16H,8-9,12-13H2,1H3. The number of ether oxygens (including phenoxy) is 1. The van der Waals surface area contributed by atoms with Gasteiger partial charge in [-0.2, -0.15) is 0 Å². The highest BCUT2D eigenvalue weighted by molar-refractivity contribution is 5.78. The summed E-state index contributed by atoms with van der Waals surface area (Å²) in [5, 5.41) is 0. The molecule has 1 aliphatic carbocycles. The molecule has 1 amide bonds. The number of para-hydroxylation sites is 1. The summed E-state index contributed by atoms with van der Waals surface area (Å²) in [6.07, 6.45) is 5.71. The zero-order valence-corrected chi connectivity index (χ0v) is 12.7. The third-order valence-corrected chi connectivity index (χ3v) is 3.83. The highest BCUT2D eigenvalue weighted by Gasteiger charge is 2.32. The van der Waals surface area contributed by atoms with Crippen molar-refractivity contribution in [3.8, 4) is 5.75 Å². The molecule has 2 aromatic rings. The Bertz CT molecular complexity index is 639. The normalized spacial score (nSPS) is 13.7. The maximum absolute atomic E-state index is 12.5. The lowest BCUT2D eigenvalue weighted by Gasteiger charge is -2.22. The monoisotopic (exact) mass is 296 g/mol. The second kappa shape index (κ2) is 6.60. The van der Waals surface area contributed by atoms with Crippen molar-refractivity contribution in [3.63, 3.8) is 0 Å². The maximum atomic E-state index is 12.5. The van der Waals surface area contributed by atoms with Crippen LogP contribution in [0.4, 0.5) is 0 Å². The average Bonchev–Trinajstić information content (AvgIpc) is 3.37. The van der Waals surface area contributed by atoms with E-state index in [2.05, 4.69) is 4.98 Å². The number of pyridine rings is 1. The van der Waals surface area contributed by atoms with Crippen LogP contribution in [0, 0.1) is 6.92 Å². The molecule has 0 aliphatic heterocycles. The van der Waals surface area contributed by atoms with Gasteiger partial charge >= 0.3 is 0 Å². The minimum atomic E-state index is 0.0367. The zero-order valence-electron chi connectivity index (χ0n) is 12.7. The average molecular weight is 296 g/mol. The van der Waals surface area contributed by atoms with Crippen molar-refractivity contribution in [2.45, 2.75) is 32.4 Å². The number of carbonyl (C=O) groups is 1. The van der Waals surface area contributed by atoms with Gasteiger partial charge in [-0.1, -0.05) is 24.3 Å². The predicted molar refractivity (Wildman–Crippen MR) is 84.5 cm³/mol. The minimum Gasteiger partial charge on any atom is -0.484 e. The van der Waals surface area contributed by atoms with Crippen molar-refractivity contribution in [2.75, 3.05) is 6.61 Å². The summed E-state index contributed by atoms with van der Waals surface area (Å²) < 4.78 is 5.69. The smallest absolute Gasteiger partial charge is 0.261 e. The summed E-state index contributed by atoms with van der Waals surface area (Å²) in [6.45, 7) is 2.67. The number of rotatable bonds is 6. The second-order valence-electron chi connectivity index (χ2n) is 5.67. The first-order valence-electron chi connectivity index (χ1n) is 7.61. The molecule has 0 spiro atoms. The van der Waals surface area contributed by atoms with Crippen LogP contribution in [-0.2, 0) is 11.3 Å². The van der Waals surface area contributed by atoms with Gasteiger partial charge in [0.25, 0.3) is 5.91 Å². The lowest BCUT2D eigenvalue weighted by Crippen LogP contribution is -2.36. The van der Waals surface area contributed by atoms with Gasteiger partial charge < -0.3 is 9.64 Å². The molecule has 1 aliphatic rings. The van der Waals surface area contributed by atoms with E-state index in [1.807, 2.05) is 54.4 Å². The van der Waals surface area contributed by atoms with E-state index >= 15 is 0 Å². The summed E-state index contributed by atoms with van der Waals surface area (Å²) >= 11 is 0. The van der Waals surface area contributed by atoms with E-state index in [1.165, 1.54) is 0 Å². The highest BCUT2D eigenvalue weighted by atomic mass is 16.5. The first-order valence-corrected chi connectivity index (χ1v) is 7.61. The van der Waals surface area contributed by atoms with E-state index in [1.54, 1.807) is 6.20 Å². The lowest BCUT2D eigenvalue weighted by atomic mass is 10.2. The molecule has 1 fully saturated rings. The molecule has 4 heteroatoms. The van der Waals surface area contributed by atoms with Crippen LogP contribution >= 0.6 is 0 Å². The number of carbonyl (C=O) groups excluding carboxylic acids is 1. The van der Waals surface area contributed by atoms with E-state index in [9.17, 15) is 4.79 Å². The first-order chi connectivity index (χ1) is 10.7. The van der Waals surface area contributed by atoms with E-state index in [0.717, 1.165) is 29.7 Å². The van der Waals surface area contributed by atoms with Crippen molar-refractivity contribution in [3.05, 3.63) is 59.9 Å². The van der Waals surface area contributed by atoms with Crippen molar-refractivity contribution in [2.24, 2.45) is 0 Å². The molecule has 1 saturated carbocycles. The van der Waals surface area contributed by atoms with E-state index in [4.69, 9.17) is 4.74 Å². The van der Waals surface area contributed by atoms with Crippen molar-refractivity contribution >= 4 is 5.91 Å². The quantitative estimate of drug-likeness (QED) is 0.823. The fourth-order valence-corrected chi connectivity index (χ4v) is 2.44. The fourth-order valence-electron chi connectivity index (χ4n) is 2.44. The molecule has 0 unspecified atom stereocenters. The number of nitrogens with zero attached hydrogens (tertiary/aromatic N) is 2. The van der Waals surface area contributed by atoms with Crippen molar-refractivity contribution < 1.29 is 9.53 Å². The van der Waals surface area contributed by atoms with Gasteiger partial charge in [0.2, 0.25) is 0 Å². The van der Waals surface area contributed by atoms with Crippen LogP contribution in [0.2, 0.25) is 0 Å². The van der Waals surface area contributed by atoms with Gasteiger partial charge in [-0.25, -0.2) is 0 Å². The zero-order chi connectivity index (χ0) is 15.4. The van der Waals surface area contributed by atoms with Crippen LogP contribution in [0.3, 0.4) is 0 Å². The predicted octanol–water partition coefficient (Wildman–Crippen LogP) is 2.96. The first kappa shape index (κ1) is 14.6. The third-order valence-electron chi connectivity index (χ3n) is 3.83. The van der Waals surface area contributed by atoms with Gasteiger partial charge in [-0.15, -0.1) is 0 Å². The van der Waals surface area contributed by atoms with Crippen LogP contribution in [0.25, 0.3) is 0 Å². The Labute approximate surface area is 130 Å². The third kappa shape index (κ3) is 3.64. The van der Waals surface area contributed by atoms with Crippen LogP contribution in [-0.4, -0.2) is 28.4 Å². The molecule has 1 aromatic heterocycles. The molecular weight excluding hydrogens is 276 g/mol. The highest BCUT2D eigenvalue weighted by Crippen LogP contribution is 2.28. The van der Waals surface area contributed by atoms with Crippen molar-refractivity contribution in [1.82, 2.24) is 9.88 Å². The van der Waals surface area contributed by atoms with Gasteiger partial charge in [0.1, 0.15) is 5.75 Å². The number of aryl methyl sites for hydroxylation is 1. The molecule has 0 N–H and O–H groups in total. The fraction of sp³-hybridized carbons (Fsp3) is 0.333. The molecule has 22 heavy (non-hydrogen) atoms. The number of benzene rings is 1. The van der Waals surface area contributed by atoms with E-state index < -0.39 is 0 Å². The van der Waals surface area contributed by atoms with Gasteiger partial charge in [0.15, 0.2) is 6.61 Å². The number of hydrogen-bond donors (Lipinski definition) is 0. The van der Waals surface area contributed by atoms with E-state index in [-0.39, 0.29) is 12.5 Å². The van der Waals surface area contributed by atoms with E-state index in [0.29, 0.717) is 12.6 Å². The van der Waals surface area contributed by atoms with Gasteiger partial charge in [-0.05, 0) is 43.0 Å². The second-order valence-corrected chi connectivity index (χ2v) is 5.67. The van der Waals surface area contributed by atoms with Crippen LogP contribution in [0.1, 0.15) is 24.0 Å². The Morgan fingerprint density at radius 1 is 1.27 bits per heavy atom. The van der Waals surface area contributed by atoms with Crippen LogP contribution in [0.5, 0.6) is 5.75 Å². The minimum absolute atomic E-state index is 0.0367. The summed E-state index contributed by atoms with van der Waals surface area (Å²) in [7, 11) is 0. The molecule has 1 heterocycles. The van der Waals surface area contributed by atoms with Gasteiger partial charge in [0, 0.05) is 25.0 Å². The molecule has 0 bridgehead atoms. The summed E-state index contributed by atoms with van der Waals surface area (Å²) in [5.41, 5.74) is 2.10. The summed E-state index contributed by atoms with van der Waals surface area (Å²) in [5.74, 6) is 0.808. The van der Waals surface area contributed by atoms with Crippen molar-refractivity contribution in [1.29, 1.82) is 0 Å². The Balaban J connectivity index is 1.62. The molecule has 0 radical (unpaired) electrons. The van der Waals surface area contributed by atoms with Gasteiger partial charge in [-0.3, -0.25) is 9.78 Å².